The Labute approximate surface area is 344 Å². The van der Waals surface area contributed by atoms with Gasteiger partial charge in [0.05, 0.1) is 43.3 Å². The fraction of sp³-hybridized carbons (Fsp3) is 0.137. The zero-order valence-electron chi connectivity index (χ0n) is 32.9. The molecule has 7 aromatic carbocycles. The number of carbonyl (C=O) groups is 2. The van der Waals surface area contributed by atoms with Crippen LogP contribution in [-0.4, -0.2) is 44.1 Å². The summed E-state index contributed by atoms with van der Waals surface area (Å²) in [7, 11) is 3.32. The van der Waals surface area contributed by atoms with Crippen LogP contribution >= 0.6 is 0 Å². The van der Waals surface area contributed by atoms with Crippen molar-refractivity contribution in [3.05, 3.63) is 214 Å². The maximum Gasteiger partial charge on any atom is 0.196 e. The van der Waals surface area contributed by atoms with Crippen LogP contribution in [0.1, 0.15) is 59.7 Å². The van der Waals surface area contributed by atoms with E-state index in [-0.39, 0.29) is 18.2 Å². The van der Waals surface area contributed by atoms with Gasteiger partial charge in [0.25, 0.3) is 0 Å². The third kappa shape index (κ3) is 7.84. The van der Waals surface area contributed by atoms with E-state index in [0.29, 0.717) is 53.1 Å². The number of fused-ring (bicyclic) bond motifs is 2. The van der Waals surface area contributed by atoms with Gasteiger partial charge >= 0.3 is 0 Å². The van der Waals surface area contributed by atoms with E-state index in [0.717, 1.165) is 50.7 Å². The molecule has 8 rings (SSSR count). The number of hydrogen-bond acceptors (Lipinski definition) is 8. The van der Waals surface area contributed by atoms with Gasteiger partial charge in [-0.05, 0) is 101 Å². The van der Waals surface area contributed by atoms with Crippen LogP contribution in [0.15, 0.2) is 164 Å². The summed E-state index contributed by atoms with van der Waals surface area (Å²) in [6, 6.07) is 52.6. The summed E-state index contributed by atoms with van der Waals surface area (Å²) in [5.74, 6) is 1.08. The highest BCUT2D eigenvalue weighted by Crippen LogP contribution is 2.42. The van der Waals surface area contributed by atoms with Crippen LogP contribution < -0.4 is 20.1 Å². The highest BCUT2D eigenvalue weighted by molar-refractivity contribution is 6.32. The van der Waals surface area contributed by atoms with Gasteiger partial charge in [-0.3, -0.25) is 9.59 Å². The molecule has 3 N–H and O–H groups in total. The second kappa shape index (κ2) is 17.2. The molecule has 0 radical (unpaired) electrons. The van der Waals surface area contributed by atoms with Crippen LogP contribution in [0.5, 0.6) is 11.5 Å². The number of nitrogens with one attached hydrogen (secondary N) is 2. The number of carbonyl (C=O) groups excluding carboxylic acids is 2. The molecule has 0 aromatic heterocycles. The SMILES string of the molecule is COc1ccc(C(OCCc2ccc(Nc3cccc4c3C(=O)c3cccc(Nc5ccc(CCO)cc5)c3C4=O)cc2)(c2ccccc2)c2ccc(OC)cc2)cc1. The Morgan fingerprint density at radius 2 is 0.932 bits per heavy atom. The van der Waals surface area contributed by atoms with Gasteiger partial charge in [-0.2, -0.15) is 0 Å². The summed E-state index contributed by atoms with van der Waals surface area (Å²) in [5.41, 5.74) is 8.18. The number of rotatable bonds is 15. The number of benzene rings is 7. The van der Waals surface area contributed by atoms with Crippen molar-refractivity contribution in [2.24, 2.45) is 0 Å². The molecule has 0 saturated carbocycles. The lowest BCUT2D eigenvalue weighted by Gasteiger charge is -2.36. The quantitative estimate of drug-likeness (QED) is 0.0884. The highest BCUT2D eigenvalue weighted by Gasteiger charge is 2.38. The molecular weight excluding hydrogens is 737 g/mol. The molecule has 8 heteroatoms. The zero-order valence-corrected chi connectivity index (χ0v) is 32.9. The van der Waals surface area contributed by atoms with Gasteiger partial charge in [0.15, 0.2) is 11.6 Å². The Bertz CT molecular complexity index is 2520. The van der Waals surface area contributed by atoms with Crippen LogP contribution in [-0.2, 0) is 23.2 Å². The molecule has 0 unspecified atom stereocenters. The molecule has 0 fully saturated rings. The van der Waals surface area contributed by atoms with Gasteiger partial charge in [-0.15, -0.1) is 0 Å². The summed E-state index contributed by atoms with van der Waals surface area (Å²) in [4.78, 5) is 28.2. The molecule has 1 aliphatic carbocycles. The van der Waals surface area contributed by atoms with Crippen LogP contribution in [0.3, 0.4) is 0 Å². The van der Waals surface area contributed by atoms with Crippen molar-refractivity contribution in [1.29, 1.82) is 0 Å². The second-order valence-electron chi connectivity index (χ2n) is 14.3. The lowest BCUT2D eigenvalue weighted by molar-refractivity contribution is 0.0147. The lowest BCUT2D eigenvalue weighted by atomic mass is 9.80. The predicted molar refractivity (Wildman–Crippen MR) is 232 cm³/mol. The number of ketones is 2. The summed E-state index contributed by atoms with van der Waals surface area (Å²) in [5, 5.41) is 16.0. The first-order valence-electron chi connectivity index (χ1n) is 19.6. The Kier molecular flexibility index (Phi) is 11.4. The van der Waals surface area contributed by atoms with E-state index in [1.807, 2.05) is 127 Å². The van der Waals surface area contributed by atoms with Crippen molar-refractivity contribution in [2.45, 2.75) is 18.4 Å². The molecule has 7 aromatic rings. The van der Waals surface area contributed by atoms with Gasteiger partial charge in [-0.25, -0.2) is 0 Å². The van der Waals surface area contributed by atoms with Crippen molar-refractivity contribution in [2.75, 3.05) is 38.1 Å². The van der Waals surface area contributed by atoms with Crippen molar-refractivity contribution >= 4 is 34.3 Å². The molecule has 0 spiro atoms. The molecule has 294 valence electrons. The fourth-order valence-corrected chi connectivity index (χ4v) is 7.80. The molecule has 0 saturated heterocycles. The fourth-order valence-electron chi connectivity index (χ4n) is 7.80. The van der Waals surface area contributed by atoms with Crippen molar-refractivity contribution in [1.82, 2.24) is 0 Å². The molecule has 0 aliphatic heterocycles. The molecule has 1 aliphatic rings. The van der Waals surface area contributed by atoms with Gasteiger partial charge in [0, 0.05) is 29.1 Å². The smallest absolute Gasteiger partial charge is 0.196 e. The van der Waals surface area contributed by atoms with E-state index in [9.17, 15) is 14.7 Å². The normalized spacial score (nSPS) is 12.1. The van der Waals surface area contributed by atoms with Crippen molar-refractivity contribution < 1.29 is 28.9 Å². The van der Waals surface area contributed by atoms with E-state index >= 15 is 0 Å². The Balaban J connectivity index is 1.01. The Morgan fingerprint density at radius 1 is 0.492 bits per heavy atom. The number of methoxy groups -OCH3 is 2. The summed E-state index contributed by atoms with van der Waals surface area (Å²) < 4.78 is 18.0. The molecule has 8 nitrogen and oxygen atoms in total. The second-order valence-corrected chi connectivity index (χ2v) is 14.3. The van der Waals surface area contributed by atoms with Crippen molar-refractivity contribution in [3.63, 3.8) is 0 Å². The van der Waals surface area contributed by atoms with Crippen molar-refractivity contribution in [3.8, 4) is 11.5 Å². The Morgan fingerprint density at radius 3 is 1.37 bits per heavy atom. The number of ether oxygens (including phenoxy) is 3. The first-order chi connectivity index (χ1) is 28.9. The standard InChI is InChI=1S/C51H44N2O6/c1-57-41-26-18-37(19-27-41)51(36-8-4-3-5-9-36,38-20-28-42(58-2)29-21-38)59-33-31-35-16-24-40(25-17-35)53-46-13-7-11-44-48(46)50(56)43-10-6-12-45(47(43)49(44)55)52-39-22-14-34(15-23-39)30-32-54/h3-29,52-54H,30-33H2,1-2H3. The predicted octanol–water partition coefficient (Wildman–Crippen LogP) is 10.1. The molecule has 0 amide bonds. The van der Waals surface area contributed by atoms with Crippen LogP contribution in [0.4, 0.5) is 22.7 Å². The Hall–Kier alpha value is -7.00. The minimum atomic E-state index is -0.917. The van der Waals surface area contributed by atoms with Crippen LogP contribution in [0, 0.1) is 0 Å². The average Bonchev–Trinajstić information content (AvgIpc) is 3.29. The first-order valence-corrected chi connectivity index (χ1v) is 19.6. The lowest BCUT2D eigenvalue weighted by Crippen LogP contribution is -2.33. The van der Waals surface area contributed by atoms with Gasteiger partial charge < -0.3 is 30.0 Å². The molecule has 0 heterocycles. The van der Waals surface area contributed by atoms with Crippen LogP contribution in [0.25, 0.3) is 0 Å². The van der Waals surface area contributed by atoms with Crippen LogP contribution in [0.2, 0.25) is 0 Å². The minimum Gasteiger partial charge on any atom is -0.497 e. The molecule has 0 bridgehead atoms. The third-order valence-corrected chi connectivity index (χ3v) is 10.8. The molecule has 59 heavy (non-hydrogen) atoms. The van der Waals surface area contributed by atoms with E-state index in [1.54, 1.807) is 38.5 Å². The number of anilines is 4. The van der Waals surface area contributed by atoms with E-state index < -0.39 is 5.60 Å². The summed E-state index contributed by atoms with van der Waals surface area (Å²) in [6.45, 7) is 0.482. The van der Waals surface area contributed by atoms with E-state index in [2.05, 4.69) is 22.8 Å². The summed E-state index contributed by atoms with van der Waals surface area (Å²) in [6.07, 6.45) is 1.20. The maximum absolute atomic E-state index is 14.1. The van der Waals surface area contributed by atoms with Gasteiger partial charge in [-0.1, -0.05) is 103 Å². The first kappa shape index (κ1) is 38.9. The zero-order chi connectivity index (χ0) is 40.8. The van der Waals surface area contributed by atoms with E-state index in [4.69, 9.17) is 14.2 Å². The van der Waals surface area contributed by atoms with E-state index in [1.165, 1.54) is 0 Å². The minimum absolute atomic E-state index is 0.0714. The summed E-state index contributed by atoms with van der Waals surface area (Å²) >= 11 is 0. The maximum atomic E-state index is 14.1. The molecule has 0 atom stereocenters. The third-order valence-electron chi connectivity index (χ3n) is 10.8. The molecular formula is C51H44N2O6. The number of hydrogen-bond donors (Lipinski definition) is 3. The topological polar surface area (TPSA) is 106 Å². The highest BCUT2D eigenvalue weighted by atomic mass is 16.5. The number of aliphatic hydroxyl groups is 1. The van der Waals surface area contributed by atoms with Gasteiger partial charge in [0.2, 0.25) is 0 Å². The largest absolute Gasteiger partial charge is 0.497 e. The monoisotopic (exact) mass is 780 g/mol. The number of aliphatic hydroxyl groups excluding tert-OH is 1. The van der Waals surface area contributed by atoms with Gasteiger partial charge in [0.1, 0.15) is 17.1 Å². The average molecular weight is 781 g/mol.